The molecule has 0 unspecified atom stereocenters. The monoisotopic (exact) mass is 233 g/mol. The van der Waals surface area contributed by atoms with Gasteiger partial charge >= 0.3 is 0 Å². The maximum atomic E-state index is 12.3. The molecule has 1 heterocycles. The molecular weight excluding hydrogens is 218 g/mol. The fraction of sp³-hybridized carbons (Fsp3) is 0.462. The average molecular weight is 233 g/mol. The number of carbonyl (C=O) groups excluding carboxylic acids is 1. The third-order valence-corrected chi connectivity index (χ3v) is 3.53. The second-order valence-corrected chi connectivity index (χ2v) is 4.67. The molecular formula is C13H15NO3. The SMILES string of the molecule is NCC1(C(=O)c2ccc3c(c2)OCCO3)CC1. The van der Waals surface area contributed by atoms with Crippen molar-refractivity contribution >= 4 is 5.78 Å². The largest absolute Gasteiger partial charge is 0.486 e. The molecule has 1 aromatic carbocycles. The van der Waals surface area contributed by atoms with Gasteiger partial charge in [-0.15, -0.1) is 0 Å². The summed E-state index contributed by atoms with van der Waals surface area (Å²) in [6.45, 7) is 1.53. The molecule has 1 aromatic rings. The highest BCUT2D eigenvalue weighted by atomic mass is 16.6. The van der Waals surface area contributed by atoms with Gasteiger partial charge in [0.1, 0.15) is 13.2 Å². The molecule has 0 aromatic heterocycles. The quantitative estimate of drug-likeness (QED) is 0.801. The van der Waals surface area contributed by atoms with Crippen molar-refractivity contribution in [2.45, 2.75) is 12.8 Å². The number of nitrogens with two attached hydrogens (primary N) is 1. The Bertz CT molecular complexity index is 466. The van der Waals surface area contributed by atoms with Crippen LogP contribution in [0.25, 0.3) is 0 Å². The van der Waals surface area contributed by atoms with Crippen LogP contribution < -0.4 is 15.2 Å². The standard InChI is InChI=1S/C13H15NO3/c14-8-13(3-4-13)12(15)9-1-2-10-11(7-9)17-6-5-16-10/h1-2,7H,3-6,8,14H2. The first-order valence-corrected chi connectivity index (χ1v) is 5.90. The maximum absolute atomic E-state index is 12.3. The summed E-state index contributed by atoms with van der Waals surface area (Å²) in [5.41, 5.74) is 6.04. The van der Waals surface area contributed by atoms with Crippen LogP contribution in [-0.2, 0) is 0 Å². The van der Waals surface area contributed by atoms with Crippen LogP contribution in [-0.4, -0.2) is 25.5 Å². The van der Waals surface area contributed by atoms with Crippen molar-refractivity contribution in [2.24, 2.45) is 11.1 Å². The van der Waals surface area contributed by atoms with Crippen molar-refractivity contribution in [1.82, 2.24) is 0 Å². The molecule has 4 nitrogen and oxygen atoms in total. The van der Waals surface area contributed by atoms with E-state index >= 15 is 0 Å². The van der Waals surface area contributed by atoms with Crippen molar-refractivity contribution in [3.05, 3.63) is 23.8 Å². The van der Waals surface area contributed by atoms with Gasteiger partial charge in [-0.3, -0.25) is 4.79 Å². The summed E-state index contributed by atoms with van der Waals surface area (Å²) < 4.78 is 10.9. The number of Topliss-reactive ketones (excluding diaryl/α,β-unsaturated/α-hetero) is 1. The van der Waals surface area contributed by atoms with Gasteiger partial charge < -0.3 is 15.2 Å². The van der Waals surface area contributed by atoms with Gasteiger partial charge in [-0.1, -0.05) is 0 Å². The lowest BCUT2D eigenvalue weighted by molar-refractivity contribution is 0.0904. The molecule has 1 aliphatic carbocycles. The molecule has 1 aliphatic heterocycles. The summed E-state index contributed by atoms with van der Waals surface area (Å²) in [6.07, 6.45) is 1.80. The van der Waals surface area contributed by atoms with Crippen LogP contribution in [0.3, 0.4) is 0 Å². The number of fused-ring (bicyclic) bond motifs is 1. The Balaban J connectivity index is 1.91. The number of rotatable bonds is 3. The zero-order valence-electron chi connectivity index (χ0n) is 9.57. The Morgan fingerprint density at radius 3 is 2.59 bits per heavy atom. The molecule has 2 aliphatic rings. The van der Waals surface area contributed by atoms with E-state index in [9.17, 15) is 4.79 Å². The maximum Gasteiger partial charge on any atom is 0.170 e. The summed E-state index contributed by atoms with van der Waals surface area (Å²) >= 11 is 0. The molecule has 3 rings (SSSR count). The molecule has 4 heteroatoms. The highest BCUT2D eigenvalue weighted by Gasteiger charge is 2.48. The summed E-state index contributed by atoms with van der Waals surface area (Å²) in [4.78, 5) is 12.3. The zero-order valence-corrected chi connectivity index (χ0v) is 9.57. The first-order valence-electron chi connectivity index (χ1n) is 5.90. The molecule has 90 valence electrons. The van der Waals surface area contributed by atoms with Gasteiger partial charge in [0.25, 0.3) is 0 Å². The number of carbonyl (C=O) groups is 1. The number of hydrogen-bond donors (Lipinski definition) is 1. The molecule has 0 bridgehead atoms. The van der Waals surface area contributed by atoms with Gasteiger partial charge in [0.2, 0.25) is 0 Å². The van der Waals surface area contributed by atoms with Crippen LogP contribution in [0.4, 0.5) is 0 Å². The van der Waals surface area contributed by atoms with Gasteiger partial charge in [-0.05, 0) is 31.0 Å². The molecule has 1 saturated carbocycles. The molecule has 2 N–H and O–H groups in total. The van der Waals surface area contributed by atoms with E-state index in [1.165, 1.54) is 0 Å². The lowest BCUT2D eigenvalue weighted by Crippen LogP contribution is -2.25. The van der Waals surface area contributed by atoms with Crippen molar-refractivity contribution in [2.75, 3.05) is 19.8 Å². The molecule has 0 amide bonds. The summed E-state index contributed by atoms with van der Waals surface area (Å²) in [7, 11) is 0. The highest BCUT2D eigenvalue weighted by Crippen LogP contribution is 2.47. The number of hydrogen-bond acceptors (Lipinski definition) is 4. The smallest absolute Gasteiger partial charge is 0.170 e. The average Bonchev–Trinajstić information content (AvgIpc) is 3.18. The van der Waals surface area contributed by atoms with Crippen LogP contribution >= 0.6 is 0 Å². The minimum Gasteiger partial charge on any atom is -0.486 e. The van der Waals surface area contributed by atoms with E-state index in [0.717, 1.165) is 12.8 Å². The number of ketones is 1. The zero-order chi connectivity index (χ0) is 11.9. The molecule has 17 heavy (non-hydrogen) atoms. The topological polar surface area (TPSA) is 61.6 Å². The predicted molar refractivity (Wildman–Crippen MR) is 62.5 cm³/mol. The van der Waals surface area contributed by atoms with E-state index in [1.54, 1.807) is 18.2 Å². The molecule has 0 spiro atoms. The van der Waals surface area contributed by atoms with Crippen LogP contribution in [0.1, 0.15) is 23.2 Å². The van der Waals surface area contributed by atoms with Crippen molar-refractivity contribution in [1.29, 1.82) is 0 Å². The van der Waals surface area contributed by atoms with Gasteiger partial charge in [0.05, 0.1) is 0 Å². The number of ether oxygens (including phenoxy) is 2. The van der Waals surface area contributed by atoms with E-state index in [4.69, 9.17) is 15.2 Å². The second kappa shape index (κ2) is 3.74. The van der Waals surface area contributed by atoms with Gasteiger partial charge in [0.15, 0.2) is 17.3 Å². The van der Waals surface area contributed by atoms with Crippen LogP contribution in [0.5, 0.6) is 11.5 Å². The fourth-order valence-corrected chi connectivity index (χ4v) is 2.17. The van der Waals surface area contributed by atoms with Crippen LogP contribution in [0.2, 0.25) is 0 Å². The van der Waals surface area contributed by atoms with E-state index in [0.29, 0.717) is 36.8 Å². The van der Waals surface area contributed by atoms with Crippen molar-refractivity contribution in [3.63, 3.8) is 0 Å². The Hall–Kier alpha value is -1.55. The molecule has 0 radical (unpaired) electrons. The normalized spacial score (nSPS) is 19.8. The Labute approximate surface area is 99.7 Å². The van der Waals surface area contributed by atoms with E-state index < -0.39 is 0 Å². The lowest BCUT2D eigenvalue weighted by atomic mass is 9.94. The van der Waals surface area contributed by atoms with E-state index in [1.807, 2.05) is 0 Å². The molecule has 1 fully saturated rings. The Kier molecular flexibility index (Phi) is 2.33. The fourth-order valence-electron chi connectivity index (χ4n) is 2.17. The van der Waals surface area contributed by atoms with Crippen molar-refractivity contribution < 1.29 is 14.3 Å². The second-order valence-electron chi connectivity index (χ2n) is 4.67. The van der Waals surface area contributed by atoms with Crippen LogP contribution in [0, 0.1) is 5.41 Å². The molecule has 0 atom stereocenters. The predicted octanol–water partition coefficient (Wildman–Crippen LogP) is 1.38. The number of benzene rings is 1. The summed E-state index contributed by atoms with van der Waals surface area (Å²) in [5, 5.41) is 0. The highest BCUT2D eigenvalue weighted by molar-refractivity contribution is 6.02. The summed E-state index contributed by atoms with van der Waals surface area (Å²) in [5.74, 6) is 1.51. The minimum absolute atomic E-state index is 0.136. The third-order valence-electron chi connectivity index (χ3n) is 3.53. The van der Waals surface area contributed by atoms with Crippen molar-refractivity contribution in [3.8, 4) is 11.5 Å². The molecule has 0 saturated heterocycles. The van der Waals surface area contributed by atoms with Gasteiger partial charge in [-0.25, -0.2) is 0 Å². The van der Waals surface area contributed by atoms with E-state index in [2.05, 4.69) is 0 Å². The lowest BCUT2D eigenvalue weighted by Gasteiger charge is -2.19. The summed E-state index contributed by atoms with van der Waals surface area (Å²) in [6, 6.07) is 5.37. The first-order chi connectivity index (χ1) is 8.25. The van der Waals surface area contributed by atoms with E-state index in [-0.39, 0.29) is 11.2 Å². The Morgan fingerprint density at radius 1 is 1.24 bits per heavy atom. The first kappa shape index (κ1) is 10.6. The van der Waals surface area contributed by atoms with Crippen LogP contribution in [0.15, 0.2) is 18.2 Å². The minimum atomic E-state index is -0.302. The van der Waals surface area contributed by atoms with Gasteiger partial charge in [-0.2, -0.15) is 0 Å². The van der Waals surface area contributed by atoms with Gasteiger partial charge in [0, 0.05) is 17.5 Å². The Morgan fingerprint density at radius 2 is 1.94 bits per heavy atom. The third kappa shape index (κ3) is 1.69.